The molecule has 0 saturated carbocycles. The van der Waals surface area contributed by atoms with Gasteiger partial charge in [-0.1, -0.05) is 0 Å². The fraction of sp³-hybridized carbons (Fsp3) is 0.500. The fourth-order valence-corrected chi connectivity index (χ4v) is 2.28. The summed E-state index contributed by atoms with van der Waals surface area (Å²) in [5, 5.41) is 0. The van der Waals surface area contributed by atoms with Gasteiger partial charge in [-0.25, -0.2) is 10.8 Å². The van der Waals surface area contributed by atoms with Crippen molar-refractivity contribution in [3.8, 4) is 5.95 Å². The standard InChI is InChI=1S/C12H19N9/c1-9-7-20(6-5-19(9)2)11-15-10(18-13)16-12(17-11)21-4-3-14-8-21/h3-4,8-9H,5-7,13H2,1-2H3,(H,15,16,17,18). The van der Waals surface area contributed by atoms with Gasteiger partial charge in [-0.3, -0.25) is 9.99 Å². The maximum atomic E-state index is 5.47. The van der Waals surface area contributed by atoms with Gasteiger partial charge < -0.3 is 9.80 Å². The zero-order valence-corrected chi connectivity index (χ0v) is 12.1. The number of nitrogen functional groups attached to an aromatic ring is 1. The molecule has 1 unspecified atom stereocenters. The minimum atomic E-state index is 0.343. The van der Waals surface area contributed by atoms with Gasteiger partial charge in [0.25, 0.3) is 0 Å². The molecule has 0 radical (unpaired) electrons. The van der Waals surface area contributed by atoms with E-state index < -0.39 is 0 Å². The molecule has 21 heavy (non-hydrogen) atoms. The Bertz CT molecular complexity index is 597. The van der Waals surface area contributed by atoms with E-state index in [2.05, 4.69) is 49.1 Å². The highest BCUT2D eigenvalue weighted by Gasteiger charge is 2.23. The van der Waals surface area contributed by atoms with Crippen LogP contribution in [0.15, 0.2) is 18.7 Å². The van der Waals surface area contributed by atoms with Crippen molar-refractivity contribution in [2.45, 2.75) is 13.0 Å². The van der Waals surface area contributed by atoms with Crippen molar-refractivity contribution in [1.29, 1.82) is 0 Å². The maximum absolute atomic E-state index is 5.47. The van der Waals surface area contributed by atoms with E-state index in [0.29, 0.717) is 23.9 Å². The summed E-state index contributed by atoms with van der Waals surface area (Å²) in [4.78, 5) is 21.6. The smallest absolute Gasteiger partial charge is 0.243 e. The van der Waals surface area contributed by atoms with Crippen molar-refractivity contribution in [3.63, 3.8) is 0 Å². The second kappa shape index (κ2) is 5.62. The fourth-order valence-electron chi connectivity index (χ4n) is 2.28. The van der Waals surface area contributed by atoms with Crippen LogP contribution in [-0.4, -0.2) is 62.1 Å². The van der Waals surface area contributed by atoms with Crippen molar-refractivity contribution >= 4 is 11.9 Å². The van der Waals surface area contributed by atoms with Crippen LogP contribution in [0.5, 0.6) is 0 Å². The minimum absolute atomic E-state index is 0.343. The summed E-state index contributed by atoms with van der Waals surface area (Å²) in [5.41, 5.74) is 2.50. The Labute approximate surface area is 122 Å². The summed E-state index contributed by atoms with van der Waals surface area (Å²) in [5.74, 6) is 6.93. The van der Waals surface area contributed by atoms with Gasteiger partial charge in [0, 0.05) is 38.1 Å². The molecule has 3 rings (SSSR count). The molecule has 112 valence electrons. The molecular formula is C12H19N9. The van der Waals surface area contributed by atoms with Gasteiger partial charge in [0.15, 0.2) is 0 Å². The van der Waals surface area contributed by atoms with Gasteiger partial charge in [0.1, 0.15) is 6.33 Å². The van der Waals surface area contributed by atoms with Crippen molar-refractivity contribution in [3.05, 3.63) is 18.7 Å². The Morgan fingerprint density at radius 3 is 2.71 bits per heavy atom. The molecule has 2 aromatic heterocycles. The van der Waals surface area contributed by atoms with Gasteiger partial charge in [-0.15, -0.1) is 0 Å². The van der Waals surface area contributed by atoms with Gasteiger partial charge in [-0.05, 0) is 14.0 Å². The summed E-state index contributed by atoms with van der Waals surface area (Å²) in [6.45, 7) is 4.90. The van der Waals surface area contributed by atoms with Crippen LogP contribution in [0.25, 0.3) is 5.95 Å². The third-order valence-corrected chi connectivity index (χ3v) is 3.72. The molecule has 0 bridgehead atoms. The Morgan fingerprint density at radius 1 is 1.24 bits per heavy atom. The summed E-state index contributed by atoms with van der Waals surface area (Å²) in [6, 6.07) is 0.446. The van der Waals surface area contributed by atoms with Crippen LogP contribution in [0.4, 0.5) is 11.9 Å². The summed E-state index contributed by atoms with van der Waals surface area (Å²) in [6.07, 6.45) is 5.11. The molecule has 1 fully saturated rings. The number of hydrogen-bond acceptors (Lipinski definition) is 8. The molecule has 0 spiro atoms. The first-order valence-electron chi connectivity index (χ1n) is 6.83. The number of nitrogens with one attached hydrogen (secondary N) is 1. The van der Waals surface area contributed by atoms with Crippen LogP contribution in [0, 0.1) is 0 Å². The first-order valence-corrected chi connectivity index (χ1v) is 6.83. The average Bonchev–Trinajstić information content (AvgIpc) is 3.04. The number of anilines is 2. The molecule has 1 saturated heterocycles. The number of hydrogen-bond donors (Lipinski definition) is 2. The van der Waals surface area contributed by atoms with Crippen molar-refractivity contribution in [2.24, 2.45) is 5.84 Å². The second-order valence-electron chi connectivity index (χ2n) is 5.15. The third-order valence-electron chi connectivity index (χ3n) is 3.72. The number of likely N-dealkylation sites (N-methyl/N-ethyl adjacent to an activating group) is 1. The number of hydrazine groups is 1. The lowest BCUT2D eigenvalue weighted by molar-refractivity contribution is 0.232. The molecule has 0 aromatic carbocycles. The van der Waals surface area contributed by atoms with Crippen LogP contribution in [0.2, 0.25) is 0 Å². The number of piperazine rings is 1. The van der Waals surface area contributed by atoms with Gasteiger partial charge in [0.05, 0.1) is 0 Å². The number of imidazole rings is 1. The Morgan fingerprint density at radius 2 is 2.05 bits per heavy atom. The molecule has 1 aliphatic rings. The zero-order chi connectivity index (χ0) is 14.8. The quantitative estimate of drug-likeness (QED) is 0.575. The van der Waals surface area contributed by atoms with E-state index in [4.69, 9.17) is 5.84 Å². The molecule has 9 heteroatoms. The van der Waals surface area contributed by atoms with E-state index in [-0.39, 0.29) is 0 Å². The highest BCUT2D eigenvalue weighted by molar-refractivity contribution is 5.40. The molecule has 0 aliphatic carbocycles. The second-order valence-corrected chi connectivity index (χ2v) is 5.15. The molecule has 2 aromatic rings. The molecule has 3 N–H and O–H groups in total. The molecule has 0 amide bonds. The summed E-state index contributed by atoms with van der Waals surface area (Å²) in [7, 11) is 2.12. The lowest BCUT2D eigenvalue weighted by Crippen LogP contribution is -2.50. The Balaban J connectivity index is 1.93. The van der Waals surface area contributed by atoms with Gasteiger partial charge in [-0.2, -0.15) is 15.0 Å². The lowest BCUT2D eigenvalue weighted by atomic mass is 10.2. The van der Waals surface area contributed by atoms with E-state index in [1.165, 1.54) is 0 Å². The van der Waals surface area contributed by atoms with Crippen LogP contribution in [-0.2, 0) is 0 Å². The number of nitrogens with zero attached hydrogens (tertiary/aromatic N) is 7. The highest BCUT2D eigenvalue weighted by Crippen LogP contribution is 2.16. The number of aromatic nitrogens is 5. The third kappa shape index (κ3) is 2.78. The monoisotopic (exact) mass is 289 g/mol. The van der Waals surface area contributed by atoms with Crippen molar-refractivity contribution in [2.75, 3.05) is 37.0 Å². The Kier molecular flexibility index (Phi) is 3.67. The molecule has 9 nitrogen and oxygen atoms in total. The molecule has 1 aliphatic heterocycles. The van der Waals surface area contributed by atoms with Crippen molar-refractivity contribution < 1.29 is 0 Å². The van der Waals surface area contributed by atoms with Crippen molar-refractivity contribution in [1.82, 2.24) is 29.4 Å². The van der Waals surface area contributed by atoms with Gasteiger partial charge >= 0.3 is 0 Å². The number of nitrogens with two attached hydrogens (primary N) is 1. The van der Waals surface area contributed by atoms with E-state index in [0.717, 1.165) is 19.6 Å². The van der Waals surface area contributed by atoms with Crippen LogP contribution in [0.3, 0.4) is 0 Å². The maximum Gasteiger partial charge on any atom is 0.243 e. The molecular weight excluding hydrogens is 270 g/mol. The average molecular weight is 289 g/mol. The lowest BCUT2D eigenvalue weighted by Gasteiger charge is -2.37. The van der Waals surface area contributed by atoms with E-state index >= 15 is 0 Å². The predicted octanol–water partition coefficient (Wildman–Crippen LogP) is -0.517. The first kappa shape index (κ1) is 13.7. The van der Waals surface area contributed by atoms with Crippen LogP contribution >= 0.6 is 0 Å². The number of rotatable bonds is 3. The minimum Gasteiger partial charge on any atom is -0.338 e. The summed E-state index contributed by atoms with van der Waals surface area (Å²) < 4.78 is 1.73. The Hall–Kier alpha value is -2.26. The molecule has 3 heterocycles. The van der Waals surface area contributed by atoms with E-state index in [1.54, 1.807) is 23.3 Å². The molecule has 1 atom stereocenters. The van der Waals surface area contributed by atoms with E-state index in [9.17, 15) is 0 Å². The zero-order valence-electron chi connectivity index (χ0n) is 12.1. The topological polar surface area (TPSA) is 101 Å². The van der Waals surface area contributed by atoms with Crippen LogP contribution in [0.1, 0.15) is 6.92 Å². The first-order chi connectivity index (χ1) is 10.2. The normalized spacial score (nSPS) is 19.8. The van der Waals surface area contributed by atoms with Gasteiger partial charge in [0.2, 0.25) is 17.8 Å². The predicted molar refractivity (Wildman–Crippen MR) is 79.1 cm³/mol. The highest BCUT2D eigenvalue weighted by atomic mass is 15.4. The SMILES string of the molecule is CC1CN(c2nc(NN)nc(-n3ccnc3)n2)CCN1C. The van der Waals surface area contributed by atoms with Crippen LogP contribution < -0.4 is 16.2 Å². The summed E-state index contributed by atoms with van der Waals surface area (Å²) >= 11 is 0. The largest absolute Gasteiger partial charge is 0.338 e. The van der Waals surface area contributed by atoms with E-state index in [1.807, 2.05) is 0 Å².